The molecule has 23 heavy (non-hydrogen) atoms. The predicted molar refractivity (Wildman–Crippen MR) is 103 cm³/mol. The highest BCUT2D eigenvalue weighted by molar-refractivity contribution is 7.53. The molecule has 0 aromatic carbocycles. The van der Waals surface area contributed by atoms with E-state index < -0.39 is 0 Å². The van der Waals surface area contributed by atoms with E-state index in [4.69, 9.17) is 4.52 Å². The van der Waals surface area contributed by atoms with Crippen LogP contribution in [0.1, 0.15) is 71.1 Å². The Bertz CT molecular complexity index is 311. The second kappa shape index (κ2) is 15.3. The number of quaternary nitrogens is 1. The summed E-state index contributed by atoms with van der Waals surface area (Å²) in [4.78, 5) is 11.7. The van der Waals surface area contributed by atoms with E-state index in [1.165, 1.54) is 51.4 Å². The van der Waals surface area contributed by atoms with E-state index in [0.29, 0.717) is 13.0 Å². The molecular formula is C19H39NO2P+. The Kier molecular flexibility index (Phi) is 15.1. The van der Waals surface area contributed by atoms with Crippen LogP contribution in [0.15, 0.2) is 12.2 Å². The molecule has 3 nitrogen and oxygen atoms in total. The van der Waals surface area contributed by atoms with Crippen molar-refractivity contribution >= 4 is 14.3 Å². The van der Waals surface area contributed by atoms with Gasteiger partial charge in [0.05, 0.1) is 30.0 Å². The van der Waals surface area contributed by atoms with Crippen LogP contribution in [-0.2, 0) is 9.32 Å². The highest BCUT2D eigenvalue weighted by Crippen LogP contribution is 2.18. The maximum Gasteiger partial charge on any atom is 0.178 e. The fourth-order valence-corrected chi connectivity index (χ4v) is 2.77. The van der Waals surface area contributed by atoms with Crippen LogP contribution in [0.5, 0.6) is 0 Å². The van der Waals surface area contributed by atoms with Gasteiger partial charge in [-0.1, -0.05) is 51.2 Å². The molecule has 0 fully saturated rings. The minimum Gasteiger partial charge on any atom is -0.349 e. The van der Waals surface area contributed by atoms with E-state index in [2.05, 4.69) is 40.2 Å². The number of hydrogen-bond donors (Lipinski definition) is 0. The summed E-state index contributed by atoms with van der Waals surface area (Å²) in [7, 11) is 6.45. The van der Waals surface area contributed by atoms with Crippen molar-refractivity contribution in [3.05, 3.63) is 12.2 Å². The van der Waals surface area contributed by atoms with E-state index in [1.807, 2.05) is 0 Å². The van der Waals surface area contributed by atoms with Crippen molar-refractivity contribution < 1.29 is 13.8 Å². The minimum absolute atomic E-state index is 0.0455. The molecule has 0 N–H and O–H groups in total. The van der Waals surface area contributed by atoms with E-state index in [9.17, 15) is 4.79 Å². The molecule has 0 aromatic heterocycles. The number of carbonyl (C=O) groups is 1. The summed E-state index contributed by atoms with van der Waals surface area (Å²) < 4.78 is 6.36. The lowest BCUT2D eigenvalue weighted by Gasteiger charge is -2.23. The normalized spacial score (nSPS) is 12.7. The first-order valence-electron chi connectivity index (χ1n) is 9.32. The summed E-state index contributed by atoms with van der Waals surface area (Å²) in [6.07, 6.45) is 16.4. The van der Waals surface area contributed by atoms with E-state index >= 15 is 0 Å². The van der Waals surface area contributed by atoms with Crippen molar-refractivity contribution in [3.63, 3.8) is 0 Å². The van der Waals surface area contributed by atoms with Gasteiger partial charge in [-0.05, 0) is 25.7 Å². The van der Waals surface area contributed by atoms with Crippen molar-refractivity contribution in [3.8, 4) is 0 Å². The number of allylic oxidation sites excluding steroid dienone is 2. The summed E-state index contributed by atoms with van der Waals surface area (Å²) in [6.45, 7) is 3.86. The summed E-state index contributed by atoms with van der Waals surface area (Å²) in [6, 6.07) is 0. The van der Waals surface area contributed by atoms with Gasteiger partial charge in [0.15, 0.2) is 5.52 Å². The molecule has 0 heterocycles. The molecule has 0 amide bonds. The molecule has 0 radical (unpaired) electrons. The Morgan fingerprint density at radius 2 is 1.57 bits per heavy atom. The van der Waals surface area contributed by atoms with Crippen LogP contribution in [0, 0.1) is 0 Å². The van der Waals surface area contributed by atoms with E-state index in [1.54, 1.807) is 0 Å². The average Bonchev–Trinajstić information content (AvgIpc) is 2.48. The van der Waals surface area contributed by atoms with Gasteiger partial charge >= 0.3 is 0 Å². The smallest absolute Gasteiger partial charge is 0.178 e. The zero-order chi connectivity index (χ0) is 17.4. The third-order valence-corrected chi connectivity index (χ3v) is 4.54. The lowest BCUT2D eigenvalue weighted by atomic mass is 10.1. The molecule has 4 heteroatoms. The molecule has 1 atom stereocenters. The lowest BCUT2D eigenvalue weighted by molar-refractivity contribution is -0.870. The van der Waals surface area contributed by atoms with Crippen molar-refractivity contribution in [2.24, 2.45) is 0 Å². The van der Waals surface area contributed by atoms with Crippen LogP contribution < -0.4 is 0 Å². The van der Waals surface area contributed by atoms with Crippen LogP contribution >= 0.6 is 8.81 Å². The largest absolute Gasteiger partial charge is 0.349 e. The highest BCUT2D eigenvalue weighted by atomic mass is 31.1. The Morgan fingerprint density at radius 3 is 2.22 bits per heavy atom. The van der Waals surface area contributed by atoms with Gasteiger partial charge in [-0.3, -0.25) is 4.79 Å². The van der Waals surface area contributed by atoms with Crippen LogP contribution in [-0.4, -0.2) is 44.3 Å². The zero-order valence-corrected chi connectivity index (χ0v) is 16.9. The Balaban J connectivity index is 3.28. The molecule has 0 bridgehead atoms. The van der Waals surface area contributed by atoms with Gasteiger partial charge < -0.3 is 9.01 Å². The monoisotopic (exact) mass is 344 g/mol. The number of nitrogens with zero attached hydrogens (tertiary/aromatic N) is 1. The van der Waals surface area contributed by atoms with Crippen molar-refractivity contribution in [1.82, 2.24) is 0 Å². The fourth-order valence-electron chi connectivity index (χ4n) is 2.14. The van der Waals surface area contributed by atoms with E-state index in [0.717, 1.165) is 17.4 Å². The van der Waals surface area contributed by atoms with Gasteiger partial charge in [0, 0.05) is 6.42 Å². The Hall–Kier alpha value is -0.240. The number of likely N-dealkylation sites (N-methyl/N-ethyl adjacent to an activating group) is 1. The molecule has 0 aliphatic carbocycles. The van der Waals surface area contributed by atoms with Gasteiger partial charge in [0.25, 0.3) is 0 Å². The quantitative estimate of drug-likeness (QED) is 0.164. The molecule has 1 unspecified atom stereocenters. The van der Waals surface area contributed by atoms with Gasteiger partial charge in [0.2, 0.25) is 0 Å². The standard InChI is InChI=1S/C19H39NO2P/c1-5-6-7-8-9-10-11-12-13-14-15-16-19(21)23-22-18-17-20(2,3)4/h8-9,23H,5-7,10-18H2,1-4H3/q+1/b9-8-. The first-order valence-corrected chi connectivity index (χ1v) is 10.2. The van der Waals surface area contributed by atoms with Gasteiger partial charge in [-0.15, -0.1) is 0 Å². The minimum atomic E-state index is 0.0455. The molecule has 0 aliphatic rings. The maximum absolute atomic E-state index is 11.7. The number of hydrogen-bond acceptors (Lipinski definition) is 2. The molecular weight excluding hydrogens is 305 g/mol. The predicted octanol–water partition coefficient (Wildman–Crippen LogP) is 5.31. The first kappa shape index (κ1) is 22.8. The van der Waals surface area contributed by atoms with Crippen molar-refractivity contribution in [2.45, 2.75) is 71.1 Å². The van der Waals surface area contributed by atoms with Crippen molar-refractivity contribution in [2.75, 3.05) is 34.3 Å². The van der Waals surface area contributed by atoms with Gasteiger partial charge in [0.1, 0.15) is 13.2 Å². The van der Waals surface area contributed by atoms with Crippen LogP contribution in [0.4, 0.5) is 0 Å². The van der Waals surface area contributed by atoms with Crippen molar-refractivity contribution in [1.29, 1.82) is 0 Å². The molecule has 136 valence electrons. The summed E-state index contributed by atoms with van der Waals surface area (Å²) >= 11 is 0. The first-order chi connectivity index (χ1) is 11.0. The Morgan fingerprint density at radius 1 is 0.957 bits per heavy atom. The summed E-state index contributed by atoms with van der Waals surface area (Å²) in [5.74, 6) is 0. The number of rotatable bonds is 16. The third kappa shape index (κ3) is 19.7. The van der Waals surface area contributed by atoms with Crippen LogP contribution in [0.3, 0.4) is 0 Å². The topological polar surface area (TPSA) is 26.3 Å². The third-order valence-electron chi connectivity index (χ3n) is 3.72. The van der Waals surface area contributed by atoms with Gasteiger partial charge in [-0.2, -0.15) is 0 Å². The van der Waals surface area contributed by atoms with E-state index in [-0.39, 0.29) is 14.3 Å². The highest BCUT2D eigenvalue weighted by Gasteiger charge is 2.07. The number of carbonyl (C=O) groups excluding carboxylic acids is 1. The van der Waals surface area contributed by atoms with Crippen LogP contribution in [0.25, 0.3) is 0 Å². The molecule has 0 saturated carbocycles. The molecule has 0 saturated heterocycles. The molecule has 0 aliphatic heterocycles. The summed E-state index contributed by atoms with van der Waals surface area (Å²) in [5.41, 5.74) is 0.283. The Labute approximate surface area is 146 Å². The second-order valence-electron chi connectivity index (χ2n) is 7.31. The SMILES string of the molecule is CCCC/C=C\CCCCCCCC(=O)POCC[N+](C)(C)C. The van der Waals surface area contributed by atoms with Crippen LogP contribution in [0.2, 0.25) is 0 Å². The molecule has 0 aromatic rings. The van der Waals surface area contributed by atoms with Gasteiger partial charge in [-0.25, -0.2) is 0 Å². The maximum atomic E-state index is 11.7. The molecule has 0 rings (SSSR count). The number of unbranched alkanes of at least 4 members (excludes halogenated alkanes) is 7. The summed E-state index contributed by atoms with van der Waals surface area (Å²) in [5, 5.41) is 0. The fraction of sp³-hybridized carbons (Fsp3) is 0.842. The lowest BCUT2D eigenvalue weighted by Crippen LogP contribution is -2.37. The average molecular weight is 345 g/mol. The second-order valence-corrected chi connectivity index (χ2v) is 8.36. The molecule has 0 spiro atoms. The zero-order valence-electron chi connectivity index (χ0n) is 15.9.